The molecule has 2 aliphatic rings. The molecular weight excluding hydrogens is 298 g/mol. The zero-order valence-corrected chi connectivity index (χ0v) is 13.1. The first-order valence-electron chi connectivity index (χ1n) is 6.89. The lowest BCUT2D eigenvalue weighted by Crippen LogP contribution is -2.62. The van der Waals surface area contributed by atoms with Gasteiger partial charge in [0.05, 0.1) is 31.6 Å². The lowest BCUT2D eigenvalue weighted by Gasteiger charge is -2.45. The van der Waals surface area contributed by atoms with Gasteiger partial charge < -0.3 is 15.0 Å². The van der Waals surface area contributed by atoms with Crippen LogP contribution in [-0.4, -0.2) is 80.6 Å². The summed E-state index contributed by atoms with van der Waals surface area (Å²) in [6.45, 7) is 2.79. The highest BCUT2D eigenvalue weighted by atomic mass is 32.2. The predicted octanol–water partition coefficient (Wildman–Crippen LogP) is -1.62. The fourth-order valence-electron chi connectivity index (χ4n) is 2.79. The lowest BCUT2D eigenvalue weighted by atomic mass is 10.0. The van der Waals surface area contributed by atoms with Gasteiger partial charge >= 0.3 is 0 Å². The molecule has 0 aromatic heterocycles. The predicted molar refractivity (Wildman–Crippen MR) is 75.0 cm³/mol. The van der Waals surface area contributed by atoms with Crippen molar-refractivity contribution in [1.82, 2.24) is 14.5 Å². The molecule has 2 aliphatic heterocycles. The van der Waals surface area contributed by atoms with E-state index in [0.717, 1.165) is 0 Å². The van der Waals surface area contributed by atoms with Crippen molar-refractivity contribution in [3.05, 3.63) is 0 Å². The maximum absolute atomic E-state index is 12.0. The molecule has 1 N–H and O–H groups in total. The highest BCUT2D eigenvalue weighted by molar-refractivity contribution is 7.88. The maximum Gasteiger partial charge on any atom is 0.242 e. The third-order valence-corrected chi connectivity index (χ3v) is 5.11. The summed E-state index contributed by atoms with van der Waals surface area (Å²) in [5.74, 6) is -0.473. The van der Waals surface area contributed by atoms with Gasteiger partial charge in [0, 0.05) is 26.6 Å². The van der Waals surface area contributed by atoms with Crippen LogP contribution in [-0.2, 0) is 24.3 Å². The standard InChI is InChI=1S/C12H21N3O5S/c1-9(16)13-7-12(17)14-4-3-11-10(8-14)15(5-6-20-11)21(2,18)19/h10-11H,3-8H2,1-2H3,(H,13,16)/t10-,11-/m1/s1. The summed E-state index contributed by atoms with van der Waals surface area (Å²) in [5.41, 5.74) is 0. The Hall–Kier alpha value is -1.19. The number of nitrogens with zero attached hydrogens (tertiary/aromatic N) is 2. The van der Waals surface area contributed by atoms with E-state index in [1.54, 1.807) is 4.90 Å². The van der Waals surface area contributed by atoms with Gasteiger partial charge in [0.2, 0.25) is 21.8 Å². The lowest BCUT2D eigenvalue weighted by molar-refractivity contribution is -0.139. The minimum atomic E-state index is -3.33. The molecule has 21 heavy (non-hydrogen) atoms. The molecule has 0 spiro atoms. The first-order valence-corrected chi connectivity index (χ1v) is 8.74. The molecule has 0 aliphatic carbocycles. The second-order valence-electron chi connectivity index (χ2n) is 5.39. The van der Waals surface area contributed by atoms with Crippen LogP contribution in [0.1, 0.15) is 13.3 Å². The average molecular weight is 319 g/mol. The highest BCUT2D eigenvalue weighted by Gasteiger charge is 2.41. The van der Waals surface area contributed by atoms with Gasteiger partial charge in [0.1, 0.15) is 0 Å². The molecule has 0 bridgehead atoms. The number of hydrogen-bond donors (Lipinski definition) is 1. The van der Waals surface area contributed by atoms with Crippen molar-refractivity contribution in [3.63, 3.8) is 0 Å². The second kappa shape index (κ2) is 6.29. The third-order valence-electron chi connectivity index (χ3n) is 3.80. The Morgan fingerprint density at radius 3 is 2.67 bits per heavy atom. The van der Waals surface area contributed by atoms with Crippen LogP contribution in [0.15, 0.2) is 0 Å². The van der Waals surface area contributed by atoms with E-state index in [1.165, 1.54) is 17.5 Å². The fraction of sp³-hybridized carbons (Fsp3) is 0.833. The van der Waals surface area contributed by atoms with Gasteiger partial charge in [-0.15, -0.1) is 0 Å². The second-order valence-corrected chi connectivity index (χ2v) is 7.32. The van der Waals surface area contributed by atoms with Crippen LogP contribution in [0, 0.1) is 0 Å². The molecule has 0 radical (unpaired) electrons. The van der Waals surface area contributed by atoms with Crippen molar-refractivity contribution >= 4 is 21.8 Å². The molecule has 2 amide bonds. The minimum Gasteiger partial charge on any atom is -0.375 e. The average Bonchev–Trinajstić information content (AvgIpc) is 2.42. The number of morpholine rings is 1. The summed E-state index contributed by atoms with van der Waals surface area (Å²) >= 11 is 0. The van der Waals surface area contributed by atoms with Crippen molar-refractivity contribution < 1.29 is 22.7 Å². The molecule has 0 aromatic carbocycles. The largest absolute Gasteiger partial charge is 0.375 e. The van der Waals surface area contributed by atoms with Crippen LogP contribution in [0.3, 0.4) is 0 Å². The third kappa shape index (κ3) is 3.92. The number of nitrogens with one attached hydrogen (secondary N) is 1. The minimum absolute atomic E-state index is 0.0630. The summed E-state index contributed by atoms with van der Waals surface area (Å²) in [6.07, 6.45) is 1.61. The number of likely N-dealkylation sites (tertiary alicyclic amines) is 1. The number of carbonyl (C=O) groups excluding carboxylic acids is 2. The molecule has 9 heteroatoms. The molecule has 0 saturated carbocycles. The Morgan fingerprint density at radius 1 is 1.33 bits per heavy atom. The molecule has 2 rings (SSSR count). The van der Waals surface area contributed by atoms with E-state index in [-0.39, 0.29) is 30.5 Å². The summed E-state index contributed by atoms with van der Waals surface area (Å²) in [6, 6.07) is -0.344. The van der Waals surface area contributed by atoms with Crippen molar-refractivity contribution in [3.8, 4) is 0 Å². The monoisotopic (exact) mass is 319 g/mol. The summed E-state index contributed by atoms with van der Waals surface area (Å²) in [7, 11) is -3.33. The number of piperidine rings is 1. The van der Waals surface area contributed by atoms with Crippen molar-refractivity contribution in [2.45, 2.75) is 25.5 Å². The Morgan fingerprint density at radius 2 is 2.05 bits per heavy atom. The molecule has 2 atom stereocenters. The van der Waals surface area contributed by atoms with E-state index >= 15 is 0 Å². The number of fused-ring (bicyclic) bond motifs is 1. The Bertz CT molecular complexity index is 521. The Kier molecular flexibility index (Phi) is 4.84. The number of carbonyl (C=O) groups is 2. The van der Waals surface area contributed by atoms with Crippen molar-refractivity contribution in [2.24, 2.45) is 0 Å². The van der Waals surface area contributed by atoms with Crippen LogP contribution < -0.4 is 5.32 Å². The SMILES string of the molecule is CC(=O)NCC(=O)N1CC[C@H]2OCCN(S(C)(=O)=O)[C@@H]2C1. The molecule has 8 nitrogen and oxygen atoms in total. The molecule has 2 fully saturated rings. The van der Waals surface area contributed by atoms with Gasteiger partial charge in [-0.25, -0.2) is 8.42 Å². The van der Waals surface area contributed by atoms with E-state index in [1.807, 2.05) is 0 Å². The Labute approximate surface area is 124 Å². The van der Waals surface area contributed by atoms with Crippen LogP contribution in [0.5, 0.6) is 0 Å². The number of sulfonamides is 1. The van der Waals surface area contributed by atoms with Gasteiger partial charge in [-0.3, -0.25) is 9.59 Å². The van der Waals surface area contributed by atoms with Crippen molar-refractivity contribution in [2.75, 3.05) is 39.0 Å². The van der Waals surface area contributed by atoms with Crippen LogP contribution in [0.2, 0.25) is 0 Å². The van der Waals surface area contributed by atoms with Crippen LogP contribution in [0.4, 0.5) is 0 Å². The first kappa shape index (κ1) is 16.2. The topological polar surface area (TPSA) is 96.0 Å². The molecule has 2 saturated heterocycles. The molecule has 0 aromatic rings. The fourth-order valence-corrected chi connectivity index (χ4v) is 3.89. The molecular formula is C12H21N3O5S. The van der Waals surface area contributed by atoms with Gasteiger partial charge in [0.25, 0.3) is 0 Å². The first-order chi connectivity index (χ1) is 9.79. The highest BCUT2D eigenvalue weighted by Crippen LogP contribution is 2.24. The number of ether oxygens (including phenoxy) is 1. The maximum atomic E-state index is 12.0. The zero-order chi connectivity index (χ0) is 15.6. The molecule has 120 valence electrons. The quantitative estimate of drug-likeness (QED) is 0.675. The number of hydrogen-bond acceptors (Lipinski definition) is 5. The van der Waals surface area contributed by atoms with E-state index in [2.05, 4.69) is 5.32 Å². The van der Waals surface area contributed by atoms with Crippen LogP contribution in [0.25, 0.3) is 0 Å². The van der Waals surface area contributed by atoms with E-state index < -0.39 is 10.0 Å². The van der Waals surface area contributed by atoms with Crippen LogP contribution >= 0.6 is 0 Å². The smallest absolute Gasteiger partial charge is 0.242 e. The molecule has 2 heterocycles. The number of amides is 2. The van der Waals surface area contributed by atoms with Gasteiger partial charge in [0.15, 0.2) is 0 Å². The Balaban J connectivity index is 2.04. The zero-order valence-electron chi connectivity index (χ0n) is 12.2. The van der Waals surface area contributed by atoms with Gasteiger partial charge in [-0.1, -0.05) is 0 Å². The summed E-state index contributed by atoms with van der Waals surface area (Å²) in [4.78, 5) is 24.5. The van der Waals surface area contributed by atoms with Gasteiger partial charge in [-0.05, 0) is 6.42 Å². The van der Waals surface area contributed by atoms with E-state index in [0.29, 0.717) is 32.7 Å². The van der Waals surface area contributed by atoms with Gasteiger partial charge in [-0.2, -0.15) is 4.31 Å². The summed E-state index contributed by atoms with van der Waals surface area (Å²) < 4.78 is 30.7. The van der Waals surface area contributed by atoms with E-state index in [4.69, 9.17) is 4.74 Å². The normalized spacial score (nSPS) is 27.0. The van der Waals surface area contributed by atoms with Crippen molar-refractivity contribution in [1.29, 1.82) is 0 Å². The molecule has 0 unspecified atom stereocenters. The summed E-state index contributed by atoms with van der Waals surface area (Å²) in [5, 5.41) is 2.46. The number of rotatable bonds is 3. The van der Waals surface area contributed by atoms with E-state index in [9.17, 15) is 18.0 Å².